The second kappa shape index (κ2) is 5.32. The van der Waals surface area contributed by atoms with E-state index in [1.807, 2.05) is 0 Å². The van der Waals surface area contributed by atoms with Gasteiger partial charge in [-0.15, -0.1) is 0 Å². The highest BCUT2D eigenvalue weighted by molar-refractivity contribution is 7.86. The molecule has 3 heteroatoms. The van der Waals surface area contributed by atoms with Gasteiger partial charge >= 0.3 is 0 Å². The van der Waals surface area contributed by atoms with Crippen molar-refractivity contribution in [2.24, 2.45) is 0 Å². The Morgan fingerprint density at radius 2 is 2.12 bits per heavy atom. The van der Waals surface area contributed by atoms with E-state index in [9.17, 15) is 4.21 Å². The number of benzene rings is 1. The minimum absolute atomic E-state index is 0.246. The Morgan fingerprint density at radius 3 is 2.76 bits per heavy atom. The largest absolute Gasteiger partial charge is 0.309 e. The summed E-state index contributed by atoms with van der Waals surface area (Å²) in [6, 6.07) is 6.54. The average Bonchev–Trinajstić information content (AvgIpc) is 2.57. The minimum atomic E-state index is -0.841. The molecule has 3 unspecified atom stereocenters. The van der Waals surface area contributed by atoms with Crippen LogP contribution >= 0.6 is 0 Å². The van der Waals surface area contributed by atoms with Crippen LogP contribution in [0.15, 0.2) is 23.1 Å². The summed E-state index contributed by atoms with van der Waals surface area (Å²) >= 11 is 0. The predicted octanol–water partition coefficient (Wildman–Crippen LogP) is 2.94. The molecule has 0 radical (unpaired) electrons. The number of rotatable bonds is 4. The Morgan fingerprint density at radius 1 is 1.35 bits per heavy atom. The number of aryl methyl sites for hydroxylation is 1. The van der Waals surface area contributed by atoms with Gasteiger partial charge in [0.1, 0.15) is 0 Å². The molecule has 1 aromatic rings. The molecule has 17 heavy (non-hydrogen) atoms. The fourth-order valence-corrected chi connectivity index (χ4v) is 4.74. The topological polar surface area (TPSA) is 29.1 Å². The Labute approximate surface area is 106 Å². The number of hydrogen-bond acceptors (Lipinski definition) is 2. The van der Waals surface area contributed by atoms with Gasteiger partial charge in [0.25, 0.3) is 0 Å². The fraction of sp³-hybridized carbons (Fsp3) is 0.571. The van der Waals surface area contributed by atoms with Gasteiger partial charge in [-0.1, -0.05) is 38.5 Å². The van der Waals surface area contributed by atoms with Crippen LogP contribution in [0.2, 0.25) is 0 Å². The van der Waals surface area contributed by atoms with Gasteiger partial charge in [0.05, 0.1) is 16.0 Å². The summed E-state index contributed by atoms with van der Waals surface area (Å²) < 4.78 is 12.6. The van der Waals surface area contributed by atoms with Crippen LogP contribution in [0, 0.1) is 6.92 Å². The van der Waals surface area contributed by atoms with Crippen molar-refractivity contribution in [3.8, 4) is 0 Å². The van der Waals surface area contributed by atoms with Crippen LogP contribution in [0.25, 0.3) is 0 Å². The summed E-state index contributed by atoms with van der Waals surface area (Å²) in [6.45, 7) is 7.26. The predicted molar refractivity (Wildman–Crippen MR) is 72.7 cm³/mol. The van der Waals surface area contributed by atoms with Crippen LogP contribution in [0.3, 0.4) is 0 Å². The highest BCUT2D eigenvalue weighted by Crippen LogP contribution is 2.39. The molecule has 1 heterocycles. The molecule has 0 aromatic heterocycles. The molecule has 1 N–H and O–H groups in total. The third-order valence-corrected chi connectivity index (χ3v) is 5.44. The first kappa shape index (κ1) is 12.8. The van der Waals surface area contributed by atoms with Crippen molar-refractivity contribution in [3.05, 3.63) is 29.3 Å². The quantitative estimate of drug-likeness (QED) is 0.891. The summed E-state index contributed by atoms with van der Waals surface area (Å²) in [5, 5.41) is 3.75. The average molecular weight is 251 g/mol. The van der Waals surface area contributed by atoms with Crippen molar-refractivity contribution in [1.82, 2.24) is 5.32 Å². The zero-order chi connectivity index (χ0) is 12.4. The summed E-state index contributed by atoms with van der Waals surface area (Å²) in [5.41, 5.74) is 2.42. The van der Waals surface area contributed by atoms with E-state index in [1.165, 1.54) is 11.1 Å². The van der Waals surface area contributed by atoms with Gasteiger partial charge in [-0.2, -0.15) is 0 Å². The van der Waals surface area contributed by atoms with Crippen molar-refractivity contribution in [3.63, 3.8) is 0 Å². The molecule has 3 atom stereocenters. The Balaban J connectivity index is 2.43. The van der Waals surface area contributed by atoms with E-state index in [2.05, 4.69) is 44.3 Å². The molecular weight excluding hydrogens is 230 g/mol. The zero-order valence-corrected chi connectivity index (χ0v) is 11.6. The lowest BCUT2D eigenvalue weighted by Crippen LogP contribution is -2.29. The lowest BCUT2D eigenvalue weighted by Gasteiger charge is -2.19. The van der Waals surface area contributed by atoms with Crippen LogP contribution in [-0.4, -0.2) is 16.0 Å². The van der Waals surface area contributed by atoms with Crippen LogP contribution < -0.4 is 5.32 Å². The van der Waals surface area contributed by atoms with Crippen molar-refractivity contribution < 1.29 is 4.21 Å². The summed E-state index contributed by atoms with van der Waals surface area (Å²) in [4.78, 5) is 1.08. The molecule has 0 aliphatic carbocycles. The summed E-state index contributed by atoms with van der Waals surface area (Å²) in [7, 11) is -0.841. The van der Waals surface area contributed by atoms with Gasteiger partial charge in [-0.05, 0) is 31.0 Å². The van der Waals surface area contributed by atoms with E-state index in [-0.39, 0.29) is 11.3 Å². The van der Waals surface area contributed by atoms with Crippen LogP contribution in [-0.2, 0) is 10.8 Å². The molecule has 1 aliphatic rings. The summed E-state index contributed by atoms with van der Waals surface area (Å²) in [6.07, 6.45) is 2.11. The fourth-order valence-electron chi connectivity index (χ4n) is 2.69. The molecule has 0 fully saturated rings. The molecule has 94 valence electrons. The zero-order valence-electron chi connectivity index (χ0n) is 10.8. The first-order chi connectivity index (χ1) is 8.20. The first-order valence-electron chi connectivity index (χ1n) is 6.44. The summed E-state index contributed by atoms with van der Waals surface area (Å²) in [5.74, 6) is 0. The van der Waals surface area contributed by atoms with Gasteiger partial charge in [0.2, 0.25) is 0 Å². The third-order valence-electron chi connectivity index (χ3n) is 3.42. The van der Waals surface area contributed by atoms with Gasteiger partial charge in [-0.3, -0.25) is 4.21 Å². The number of nitrogens with one attached hydrogen (secondary N) is 1. The Bertz CT molecular complexity index is 430. The van der Waals surface area contributed by atoms with Gasteiger partial charge in [0, 0.05) is 10.9 Å². The minimum Gasteiger partial charge on any atom is -0.309 e. The van der Waals surface area contributed by atoms with E-state index >= 15 is 0 Å². The van der Waals surface area contributed by atoms with E-state index in [0.717, 1.165) is 24.3 Å². The lowest BCUT2D eigenvalue weighted by atomic mass is 9.99. The van der Waals surface area contributed by atoms with Crippen LogP contribution in [0.4, 0.5) is 0 Å². The number of fused-ring (bicyclic) bond motifs is 1. The molecule has 1 aliphatic heterocycles. The lowest BCUT2D eigenvalue weighted by molar-refractivity contribution is 0.506. The van der Waals surface area contributed by atoms with Crippen molar-refractivity contribution in [2.75, 3.05) is 6.54 Å². The van der Waals surface area contributed by atoms with E-state index in [0.29, 0.717) is 0 Å². The highest BCUT2D eigenvalue weighted by atomic mass is 32.2. The van der Waals surface area contributed by atoms with Crippen molar-refractivity contribution >= 4 is 10.8 Å². The smallest absolute Gasteiger partial charge is 0.0590 e. The monoisotopic (exact) mass is 251 g/mol. The maximum atomic E-state index is 12.6. The standard InChI is InChI=1S/C14H21NOS/c1-4-7-12-13(15-5-2)11-9-6-8-10(3)14(11)17(12)16/h6,8-9,12-13,15H,4-5,7H2,1-3H3. The molecule has 0 saturated heterocycles. The van der Waals surface area contributed by atoms with Crippen LogP contribution in [0.1, 0.15) is 43.9 Å². The molecule has 2 rings (SSSR count). The third kappa shape index (κ3) is 2.18. The molecule has 0 bridgehead atoms. The van der Waals surface area contributed by atoms with Gasteiger partial charge in [-0.25, -0.2) is 0 Å². The number of hydrogen-bond donors (Lipinski definition) is 1. The van der Waals surface area contributed by atoms with Gasteiger partial charge < -0.3 is 5.32 Å². The van der Waals surface area contributed by atoms with E-state index in [4.69, 9.17) is 0 Å². The maximum absolute atomic E-state index is 12.6. The highest BCUT2D eigenvalue weighted by Gasteiger charge is 2.38. The second-order valence-electron chi connectivity index (χ2n) is 4.65. The van der Waals surface area contributed by atoms with E-state index < -0.39 is 10.8 Å². The van der Waals surface area contributed by atoms with Crippen molar-refractivity contribution in [1.29, 1.82) is 0 Å². The van der Waals surface area contributed by atoms with E-state index in [1.54, 1.807) is 0 Å². The molecule has 2 nitrogen and oxygen atoms in total. The SMILES string of the molecule is CCCC1C(NCC)c2cccc(C)c2S1=O. The van der Waals surface area contributed by atoms with Crippen LogP contribution in [0.5, 0.6) is 0 Å². The maximum Gasteiger partial charge on any atom is 0.0590 e. The molecular formula is C14H21NOS. The Kier molecular flexibility index (Phi) is 4.00. The molecule has 0 spiro atoms. The second-order valence-corrected chi connectivity index (χ2v) is 6.26. The van der Waals surface area contributed by atoms with Crippen molar-refractivity contribution in [2.45, 2.75) is 49.8 Å². The molecule has 0 amide bonds. The molecule has 1 aromatic carbocycles. The molecule has 0 saturated carbocycles. The Hall–Kier alpha value is -0.670. The first-order valence-corrected chi connectivity index (χ1v) is 7.65. The normalized spacial score (nSPS) is 27.1. The van der Waals surface area contributed by atoms with Gasteiger partial charge in [0.15, 0.2) is 0 Å².